The molecule has 4 heteroatoms. The van der Waals surface area contributed by atoms with Crippen LogP contribution in [0.1, 0.15) is 0 Å². The highest BCUT2D eigenvalue weighted by atomic mass is 16.3. The lowest BCUT2D eigenvalue weighted by Gasteiger charge is -1.93. The summed E-state index contributed by atoms with van der Waals surface area (Å²) in [5.41, 5.74) is 0. The van der Waals surface area contributed by atoms with Gasteiger partial charge in [0.25, 0.3) is 0 Å². The molecular weight excluding hydrogens is 160 g/mol. The van der Waals surface area contributed by atoms with E-state index in [1.807, 2.05) is 0 Å². The standard InChI is InChI=1S/2C4H8O2/c1-2-4(6)3-5;5-3-1-2-4-6/h2,4-6H,1,3H2;1-2,5-6H,3-4H2. The average molecular weight is 176 g/mol. The summed E-state index contributed by atoms with van der Waals surface area (Å²) < 4.78 is 0. The molecule has 0 heterocycles. The maximum atomic E-state index is 8.30. The summed E-state index contributed by atoms with van der Waals surface area (Å²) in [4.78, 5) is 0. The SMILES string of the molecule is C=CC(O)CO.OCC=CCO. The third kappa shape index (κ3) is 16.2. The van der Waals surface area contributed by atoms with Crippen molar-refractivity contribution in [3.63, 3.8) is 0 Å². The molecule has 0 aliphatic carbocycles. The van der Waals surface area contributed by atoms with E-state index in [1.54, 1.807) is 0 Å². The van der Waals surface area contributed by atoms with Crippen molar-refractivity contribution in [3.05, 3.63) is 24.8 Å². The van der Waals surface area contributed by atoms with Gasteiger partial charge in [-0.3, -0.25) is 0 Å². The molecule has 0 saturated heterocycles. The highest BCUT2D eigenvalue weighted by molar-refractivity contribution is 4.79. The molecule has 0 aromatic carbocycles. The minimum absolute atomic E-state index is 0.0144. The van der Waals surface area contributed by atoms with Gasteiger partial charge in [-0.05, 0) is 0 Å². The van der Waals surface area contributed by atoms with Crippen LogP contribution >= 0.6 is 0 Å². The van der Waals surface area contributed by atoms with Gasteiger partial charge in [-0.25, -0.2) is 0 Å². The molecule has 4 N–H and O–H groups in total. The molecule has 0 saturated carbocycles. The van der Waals surface area contributed by atoms with Crippen LogP contribution in [0, 0.1) is 0 Å². The van der Waals surface area contributed by atoms with Gasteiger partial charge in [0.2, 0.25) is 0 Å². The summed E-state index contributed by atoms with van der Waals surface area (Å²) in [5, 5.41) is 32.3. The van der Waals surface area contributed by atoms with E-state index < -0.39 is 6.10 Å². The number of hydrogen-bond acceptors (Lipinski definition) is 4. The maximum absolute atomic E-state index is 8.30. The Morgan fingerprint density at radius 3 is 1.58 bits per heavy atom. The second-order valence-electron chi connectivity index (χ2n) is 1.82. The first-order chi connectivity index (χ1) is 5.72. The Hall–Kier alpha value is -0.680. The van der Waals surface area contributed by atoms with Gasteiger partial charge in [0.05, 0.1) is 25.9 Å². The van der Waals surface area contributed by atoms with E-state index in [0.29, 0.717) is 0 Å². The zero-order chi connectivity index (χ0) is 9.82. The van der Waals surface area contributed by atoms with Crippen LogP contribution in [0.2, 0.25) is 0 Å². The van der Waals surface area contributed by atoms with Crippen LogP contribution in [0.25, 0.3) is 0 Å². The minimum Gasteiger partial charge on any atom is -0.393 e. The van der Waals surface area contributed by atoms with Crippen molar-refractivity contribution in [2.45, 2.75) is 6.10 Å². The van der Waals surface area contributed by atoms with Gasteiger partial charge in [-0.15, -0.1) is 6.58 Å². The molecule has 1 atom stereocenters. The fourth-order valence-electron chi connectivity index (χ4n) is 0.224. The molecular formula is C8H16O4. The number of aliphatic hydroxyl groups excluding tert-OH is 4. The van der Waals surface area contributed by atoms with Crippen LogP contribution in [-0.4, -0.2) is 46.4 Å². The van der Waals surface area contributed by atoms with E-state index >= 15 is 0 Å². The largest absolute Gasteiger partial charge is 0.393 e. The molecule has 0 aliphatic heterocycles. The van der Waals surface area contributed by atoms with E-state index in [4.69, 9.17) is 20.4 Å². The van der Waals surface area contributed by atoms with Crippen LogP contribution < -0.4 is 0 Å². The summed E-state index contributed by atoms with van der Waals surface area (Å²) in [7, 11) is 0. The quantitative estimate of drug-likeness (QED) is 0.416. The number of aliphatic hydroxyl groups is 4. The van der Waals surface area contributed by atoms with Crippen LogP contribution in [0.4, 0.5) is 0 Å². The summed E-state index contributed by atoms with van der Waals surface area (Å²) >= 11 is 0. The second-order valence-corrected chi connectivity index (χ2v) is 1.82. The molecule has 0 aliphatic rings. The Kier molecular flexibility index (Phi) is 15.0. The summed E-state index contributed by atoms with van der Waals surface area (Å²) in [6.45, 7) is 3.02. The van der Waals surface area contributed by atoms with Crippen LogP contribution in [0.15, 0.2) is 24.8 Å². The first-order valence-electron chi connectivity index (χ1n) is 3.51. The van der Waals surface area contributed by atoms with Crippen LogP contribution in [-0.2, 0) is 0 Å². The highest BCUT2D eigenvalue weighted by Crippen LogP contribution is 1.75. The predicted molar refractivity (Wildman–Crippen MR) is 46.6 cm³/mol. The highest BCUT2D eigenvalue weighted by Gasteiger charge is 1.87. The number of rotatable bonds is 4. The maximum Gasteiger partial charge on any atom is 0.0949 e. The molecule has 0 fully saturated rings. The van der Waals surface area contributed by atoms with Crippen molar-refractivity contribution in [3.8, 4) is 0 Å². The smallest absolute Gasteiger partial charge is 0.0949 e. The van der Waals surface area contributed by atoms with Crippen molar-refractivity contribution in [1.82, 2.24) is 0 Å². The van der Waals surface area contributed by atoms with E-state index in [-0.39, 0.29) is 19.8 Å². The Morgan fingerprint density at radius 2 is 1.50 bits per heavy atom. The molecule has 0 amide bonds. The van der Waals surface area contributed by atoms with E-state index in [1.165, 1.54) is 18.2 Å². The molecule has 0 radical (unpaired) electrons. The van der Waals surface area contributed by atoms with Crippen molar-refractivity contribution in [2.24, 2.45) is 0 Å². The summed E-state index contributed by atoms with van der Waals surface area (Å²) in [6.07, 6.45) is 3.50. The second kappa shape index (κ2) is 12.9. The van der Waals surface area contributed by atoms with Crippen LogP contribution in [0.5, 0.6) is 0 Å². The molecule has 72 valence electrons. The monoisotopic (exact) mass is 176 g/mol. The fourth-order valence-corrected chi connectivity index (χ4v) is 0.224. The Labute approximate surface area is 72.1 Å². The molecule has 12 heavy (non-hydrogen) atoms. The average Bonchev–Trinajstić information content (AvgIpc) is 2.14. The normalized spacial score (nSPS) is 12.0. The van der Waals surface area contributed by atoms with Crippen LogP contribution in [0.3, 0.4) is 0 Å². The molecule has 0 bridgehead atoms. The zero-order valence-electron chi connectivity index (χ0n) is 6.93. The van der Waals surface area contributed by atoms with E-state index in [2.05, 4.69) is 6.58 Å². The molecule has 1 unspecified atom stereocenters. The summed E-state index contributed by atoms with van der Waals surface area (Å²) in [5.74, 6) is 0. The predicted octanol–water partition coefficient (Wildman–Crippen LogP) is -0.947. The van der Waals surface area contributed by atoms with Crippen molar-refractivity contribution in [2.75, 3.05) is 19.8 Å². The van der Waals surface area contributed by atoms with Gasteiger partial charge in [0, 0.05) is 0 Å². The number of hydrogen-bond donors (Lipinski definition) is 4. The lowest BCUT2D eigenvalue weighted by Crippen LogP contribution is -2.05. The Bertz CT molecular complexity index is 106. The first-order valence-corrected chi connectivity index (χ1v) is 3.51. The van der Waals surface area contributed by atoms with Crippen molar-refractivity contribution < 1.29 is 20.4 Å². The lowest BCUT2D eigenvalue weighted by molar-refractivity contribution is 0.131. The van der Waals surface area contributed by atoms with Gasteiger partial charge < -0.3 is 20.4 Å². The van der Waals surface area contributed by atoms with Gasteiger partial charge in [-0.2, -0.15) is 0 Å². The van der Waals surface area contributed by atoms with E-state index in [0.717, 1.165) is 0 Å². The van der Waals surface area contributed by atoms with Gasteiger partial charge in [0.15, 0.2) is 0 Å². The molecule has 0 aromatic rings. The minimum atomic E-state index is -0.745. The van der Waals surface area contributed by atoms with Gasteiger partial charge >= 0.3 is 0 Å². The van der Waals surface area contributed by atoms with Crippen molar-refractivity contribution >= 4 is 0 Å². The topological polar surface area (TPSA) is 80.9 Å². The van der Waals surface area contributed by atoms with Crippen molar-refractivity contribution in [1.29, 1.82) is 0 Å². The molecule has 0 spiro atoms. The van der Waals surface area contributed by atoms with Gasteiger partial charge in [0.1, 0.15) is 0 Å². The molecule has 0 aromatic heterocycles. The fraction of sp³-hybridized carbons (Fsp3) is 0.500. The zero-order valence-corrected chi connectivity index (χ0v) is 6.93. The van der Waals surface area contributed by atoms with E-state index in [9.17, 15) is 0 Å². The Morgan fingerprint density at radius 1 is 1.08 bits per heavy atom. The van der Waals surface area contributed by atoms with Gasteiger partial charge in [-0.1, -0.05) is 18.2 Å². The Balaban J connectivity index is 0. The third-order valence-electron chi connectivity index (χ3n) is 0.837. The first kappa shape index (κ1) is 13.9. The summed E-state index contributed by atoms with van der Waals surface area (Å²) in [6, 6.07) is 0. The molecule has 0 rings (SSSR count). The lowest BCUT2D eigenvalue weighted by atomic mass is 10.4. The third-order valence-corrected chi connectivity index (χ3v) is 0.837. The molecule has 4 nitrogen and oxygen atoms in total.